The second-order valence-electron chi connectivity index (χ2n) is 5.17. The van der Waals surface area contributed by atoms with Crippen molar-refractivity contribution >= 4 is 11.9 Å². The average Bonchev–Trinajstić information content (AvgIpc) is 2.97. The van der Waals surface area contributed by atoms with E-state index in [1.165, 1.54) is 12.7 Å². The number of hydrogen-bond acceptors (Lipinski definition) is 3. The van der Waals surface area contributed by atoms with E-state index >= 15 is 0 Å². The van der Waals surface area contributed by atoms with E-state index in [9.17, 15) is 4.79 Å². The lowest BCUT2D eigenvalue weighted by Gasteiger charge is -2.31. The topological polar surface area (TPSA) is 83.9 Å². The third-order valence-corrected chi connectivity index (χ3v) is 3.40. The van der Waals surface area contributed by atoms with Crippen LogP contribution in [0.5, 0.6) is 0 Å². The van der Waals surface area contributed by atoms with E-state index in [1.807, 2.05) is 0 Å². The van der Waals surface area contributed by atoms with E-state index < -0.39 is 0 Å². The SMILES string of the molecule is CC1CCCN(C(N)=NCCNC(=O)c2ccco2)C1. The molecule has 0 radical (unpaired) electrons. The Labute approximate surface area is 119 Å². The summed E-state index contributed by atoms with van der Waals surface area (Å²) in [7, 11) is 0. The molecule has 110 valence electrons. The summed E-state index contributed by atoms with van der Waals surface area (Å²) >= 11 is 0. The van der Waals surface area contributed by atoms with E-state index in [0.717, 1.165) is 19.5 Å². The number of carbonyl (C=O) groups excluding carboxylic acids is 1. The van der Waals surface area contributed by atoms with Crippen LogP contribution in [0.3, 0.4) is 0 Å². The molecule has 0 aliphatic carbocycles. The highest BCUT2D eigenvalue weighted by atomic mass is 16.3. The van der Waals surface area contributed by atoms with Gasteiger partial charge in [0, 0.05) is 19.6 Å². The van der Waals surface area contributed by atoms with Crippen molar-refractivity contribution in [2.75, 3.05) is 26.2 Å². The van der Waals surface area contributed by atoms with Crippen molar-refractivity contribution in [3.8, 4) is 0 Å². The number of likely N-dealkylation sites (tertiary alicyclic amines) is 1. The molecule has 1 fully saturated rings. The number of amides is 1. The van der Waals surface area contributed by atoms with Crippen LogP contribution in [-0.4, -0.2) is 42.9 Å². The number of nitrogens with zero attached hydrogens (tertiary/aromatic N) is 2. The number of furan rings is 1. The quantitative estimate of drug-likeness (QED) is 0.490. The lowest BCUT2D eigenvalue weighted by atomic mass is 10.0. The van der Waals surface area contributed by atoms with Gasteiger partial charge in [-0.25, -0.2) is 0 Å². The summed E-state index contributed by atoms with van der Waals surface area (Å²) in [6.45, 7) is 5.09. The van der Waals surface area contributed by atoms with Gasteiger partial charge < -0.3 is 20.4 Å². The monoisotopic (exact) mass is 278 g/mol. The molecule has 1 unspecified atom stereocenters. The van der Waals surface area contributed by atoms with Gasteiger partial charge in [0.1, 0.15) is 0 Å². The molecule has 1 atom stereocenters. The van der Waals surface area contributed by atoms with Crippen molar-refractivity contribution in [2.45, 2.75) is 19.8 Å². The molecule has 20 heavy (non-hydrogen) atoms. The number of piperidine rings is 1. The van der Waals surface area contributed by atoms with E-state index in [4.69, 9.17) is 10.2 Å². The van der Waals surface area contributed by atoms with Crippen LogP contribution in [0, 0.1) is 5.92 Å². The van der Waals surface area contributed by atoms with Crippen LogP contribution in [0.15, 0.2) is 27.8 Å². The Bertz CT molecular complexity index is 456. The van der Waals surface area contributed by atoms with Gasteiger partial charge in [0.05, 0.1) is 12.8 Å². The molecule has 1 aliphatic rings. The van der Waals surface area contributed by atoms with Crippen molar-refractivity contribution in [1.82, 2.24) is 10.2 Å². The molecular formula is C14H22N4O2. The van der Waals surface area contributed by atoms with E-state index in [0.29, 0.717) is 30.7 Å². The molecule has 0 aromatic carbocycles. The fourth-order valence-corrected chi connectivity index (χ4v) is 2.33. The maximum absolute atomic E-state index is 11.6. The summed E-state index contributed by atoms with van der Waals surface area (Å²) in [5.74, 6) is 1.32. The number of nitrogens with one attached hydrogen (secondary N) is 1. The number of aliphatic imine (C=N–C) groups is 1. The standard InChI is InChI=1S/C14H22N4O2/c1-11-4-2-8-18(10-11)14(15)17-7-6-16-13(19)12-5-3-9-20-12/h3,5,9,11H,2,4,6-8,10H2,1H3,(H2,15,17)(H,16,19). The largest absolute Gasteiger partial charge is 0.459 e. The van der Waals surface area contributed by atoms with Crippen LogP contribution < -0.4 is 11.1 Å². The van der Waals surface area contributed by atoms with Crippen molar-refractivity contribution in [1.29, 1.82) is 0 Å². The first kappa shape index (κ1) is 14.4. The number of nitrogens with two attached hydrogens (primary N) is 1. The second-order valence-corrected chi connectivity index (χ2v) is 5.17. The van der Waals surface area contributed by atoms with Gasteiger partial charge in [-0.15, -0.1) is 0 Å². The van der Waals surface area contributed by atoms with Crippen LogP contribution in [0.1, 0.15) is 30.3 Å². The molecule has 2 heterocycles. The highest BCUT2D eigenvalue weighted by Crippen LogP contribution is 2.14. The lowest BCUT2D eigenvalue weighted by molar-refractivity contribution is 0.0927. The molecule has 2 rings (SSSR count). The van der Waals surface area contributed by atoms with Crippen molar-refractivity contribution < 1.29 is 9.21 Å². The average molecular weight is 278 g/mol. The van der Waals surface area contributed by atoms with Crippen LogP contribution in [-0.2, 0) is 0 Å². The summed E-state index contributed by atoms with van der Waals surface area (Å²) in [5, 5.41) is 2.74. The summed E-state index contributed by atoms with van der Waals surface area (Å²) < 4.78 is 5.00. The number of hydrogen-bond donors (Lipinski definition) is 2. The Morgan fingerprint density at radius 1 is 1.65 bits per heavy atom. The van der Waals surface area contributed by atoms with Gasteiger partial charge in [-0.1, -0.05) is 6.92 Å². The van der Waals surface area contributed by atoms with Gasteiger partial charge in [-0.05, 0) is 30.9 Å². The van der Waals surface area contributed by atoms with E-state index in [-0.39, 0.29) is 5.91 Å². The Balaban J connectivity index is 1.71. The van der Waals surface area contributed by atoms with Crippen LogP contribution in [0.2, 0.25) is 0 Å². The molecule has 0 saturated carbocycles. The highest BCUT2D eigenvalue weighted by molar-refractivity contribution is 5.91. The minimum Gasteiger partial charge on any atom is -0.459 e. The zero-order valence-electron chi connectivity index (χ0n) is 11.8. The zero-order chi connectivity index (χ0) is 14.4. The number of carbonyl (C=O) groups is 1. The molecule has 1 amide bonds. The summed E-state index contributed by atoms with van der Waals surface area (Å²) in [6.07, 6.45) is 3.89. The highest BCUT2D eigenvalue weighted by Gasteiger charge is 2.17. The van der Waals surface area contributed by atoms with Crippen LogP contribution >= 0.6 is 0 Å². The predicted octanol–water partition coefficient (Wildman–Crippen LogP) is 1.06. The van der Waals surface area contributed by atoms with Crippen molar-refractivity contribution in [3.63, 3.8) is 0 Å². The molecule has 6 heteroatoms. The lowest BCUT2D eigenvalue weighted by Crippen LogP contribution is -2.43. The van der Waals surface area contributed by atoms with Gasteiger partial charge >= 0.3 is 0 Å². The molecule has 1 saturated heterocycles. The maximum Gasteiger partial charge on any atom is 0.287 e. The van der Waals surface area contributed by atoms with Gasteiger partial charge in [0.2, 0.25) is 0 Å². The smallest absolute Gasteiger partial charge is 0.287 e. The fourth-order valence-electron chi connectivity index (χ4n) is 2.33. The fraction of sp³-hybridized carbons (Fsp3) is 0.571. The third kappa shape index (κ3) is 4.01. The molecule has 0 bridgehead atoms. The predicted molar refractivity (Wildman–Crippen MR) is 77.5 cm³/mol. The van der Waals surface area contributed by atoms with Gasteiger partial charge in [-0.3, -0.25) is 9.79 Å². The molecule has 1 aliphatic heterocycles. The number of rotatable bonds is 4. The van der Waals surface area contributed by atoms with Crippen LogP contribution in [0.25, 0.3) is 0 Å². The normalized spacial score (nSPS) is 19.9. The zero-order valence-corrected chi connectivity index (χ0v) is 11.8. The Morgan fingerprint density at radius 2 is 2.50 bits per heavy atom. The first-order chi connectivity index (χ1) is 9.66. The van der Waals surface area contributed by atoms with E-state index in [1.54, 1.807) is 12.1 Å². The molecule has 3 N–H and O–H groups in total. The summed E-state index contributed by atoms with van der Waals surface area (Å²) in [6, 6.07) is 3.31. The van der Waals surface area contributed by atoms with Crippen LogP contribution in [0.4, 0.5) is 0 Å². The maximum atomic E-state index is 11.6. The first-order valence-corrected chi connectivity index (χ1v) is 7.03. The van der Waals surface area contributed by atoms with Gasteiger partial charge in [0.15, 0.2) is 11.7 Å². The van der Waals surface area contributed by atoms with E-state index in [2.05, 4.69) is 22.1 Å². The second kappa shape index (κ2) is 6.98. The molecule has 6 nitrogen and oxygen atoms in total. The Hall–Kier alpha value is -1.98. The number of guanidine groups is 1. The Morgan fingerprint density at radius 3 is 3.20 bits per heavy atom. The Kier molecular flexibility index (Phi) is 5.03. The molecular weight excluding hydrogens is 256 g/mol. The summed E-state index contributed by atoms with van der Waals surface area (Å²) in [4.78, 5) is 18.0. The molecule has 1 aromatic heterocycles. The first-order valence-electron chi connectivity index (χ1n) is 7.03. The minimum atomic E-state index is -0.227. The van der Waals surface area contributed by atoms with Crippen molar-refractivity contribution in [3.05, 3.63) is 24.2 Å². The van der Waals surface area contributed by atoms with Gasteiger partial charge in [-0.2, -0.15) is 0 Å². The summed E-state index contributed by atoms with van der Waals surface area (Å²) in [5.41, 5.74) is 5.97. The van der Waals surface area contributed by atoms with Crippen molar-refractivity contribution in [2.24, 2.45) is 16.6 Å². The third-order valence-electron chi connectivity index (χ3n) is 3.40. The molecule has 0 spiro atoms. The van der Waals surface area contributed by atoms with Gasteiger partial charge in [0.25, 0.3) is 5.91 Å². The minimum absolute atomic E-state index is 0.227. The molecule has 1 aromatic rings.